The van der Waals surface area contributed by atoms with E-state index in [-0.39, 0.29) is 5.56 Å². The summed E-state index contributed by atoms with van der Waals surface area (Å²) in [4.78, 5) is 22.5. The molecule has 2 rings (SSSR count). The Hall–Kier alpha value is -3.02. The van der Waals surface area contributed by atoms with Crippen molar-refractivity contribution in [1.82, 2.24) is 0 Å². The molecule has 0 heterocycles. The van der Waals surface area contributed by atoms with Crippen molar-refractivity contribution in [3.05, 3.63) is 54.1 Å². The third-order valence-electron chi connectivity index (χ3n) is 2.84. The van der Waals surface area contributed by atoms with Gasteiger partial charge in [-0.25, -0.2) is 9.59 Å². The normalized spacial score (nSPS) is 10.8. The maximum absolute atomic E-state index is 11.7. The van der Waals surface area contributed by atoms with E-state index in [2.05, 4.69) is 5.32 Å². The Bertz CT molecular complexity index is 715. The van der Waals surface area contributed by atoms with E-state index < -0.39 is 17.7 Å². The number of rotatable bonds is 4. The van der Waals surface area contributed by atoms with Crippen molar-refractivity contribution >= 4 is 17.7 Å². The molecule has 2 aromatic rings. The third kappa shape index (κ3) is 5.31. The van der Waals surface area contributed by atoms with Crippen LogP contribution in [0.5, 0.6) is 11.5 Å². The second-order valence-electron chi connectivity index (χ2n) is 6.08. The van der Waals surface area contributed by atoms with Crippen molar-refractivity contribution in [2.45, 2.75) is 26.4 Å². The van der Waals surface area contributed by atoms with Crippen molar-refractivity contribution in [3.63, 3.8) is 0 Å². The number of hydrogen-bond donors (Lipinski definition) is 2. The van der Waals surface area contributed by atoms with Crippen molar-refractivity contribution in [2.24, 2.45) is 0 Å². The highest BCUT2D eigenvalue weighted by atomic mass is 16.6. The van der Waals surface area contributed by atoms with E-state index in [4.69, 9.17) is 14.6 Å². The molecule has 0 unspecified atom stereocenters. The maximum Gasteiger partial charge on any atom is 0.412 e. The molecule has 0 radical (unpaired) electrons. The fourth-order valence-electron chi connectivity index (χ4n) is 1.83. The van der Waals surface area contributed by atoms with Gasteiger partial charge in [0.2, 0.25) is 0 Å². The van der Waals surface area contributed by atoms with Gasteiger partial charge in [0.15, 0.2) is 0 Å². The van der Waals surface area contributed by atoms with Gasteiger partial charge in [0.25, 0.3) is 0 Å². The number of carbonyl (C=O) groups is 2. The summed E-state index contributed by atoms with van der Waals surface area (Å²) in [5, 5.41) is 11.5. The van der Waals surface area contributed by atoms with Crippen molar-refractivity contribution in [3.8, 4) is 11.5 Å². The van der Waals surface area contributed by atoms with Gasteiger partial charge in [-0.2, -0.15) is 0 Å². The van der Waals surface area contributed by atoms with E-state index in [0.717, 1.165) is 0 Å². The molecule has 0 aliphatic heterocycles. The summed E-state index contributed by atoms with van der Waals surface area (Å²) >= 11 is 0. The number of nitrogens with one attached hydrogen (secondary N) is 1. The van der Waals surface area contributed by atoms with E-state index in [1.54, 1.807) is 57.2 Å². The van der Waals surface area contributed by atoms with E-state index in [0.29, 0.717) is 17.2 Å². The molecule has 0 saturated heterocycles. The van der Waals surface area contributed by atoms with Crippen LogP contribution in [0.4, 0.5) is 10.5 Å². The number of anilines is 1. The van der Waals surface area contributed by atoms with Gasteiger partial charge in [-0.1, -0.05) is 0 Å². The fourth-order valence-corrected chi connectivity index (χ4v) is 1.83. The van der Waals surface area contributed by atoms with Crippen LogP contribution in [0, 0.1) is 0 Å². The van der Waals surface area contributed by atoms with Gasteiger partial charge in [0.05, 0.1) is 5.56 Å². The SMILES string of the molecule is CC(C)(C)OC(=O)Nc1ccc(Oc2ccc(C(=O)O)cc2)cc1. The topological polar surface area (TPSA) is 84.9 Å². The van der Waals surface area contributed by atoms with Crippen molar-refractivity contribution < 1.29 is 24.2 Å². The molecule has 0 atom stereocenters. The number of ether oxygens (including phenoxy) is 2. The molecule has 6 nitrogen and oxygen atoms in total. The minimum Gasteiger partial charge on any atom is -0.478 e. The average Bonchev–Trinajstić information content (AvgIpc) is 2.48. The minimum atomic E-state index is -0.987. The first-order chi connectivity index (χ1) is 11.2. The monoisotopic (exact) mass is 329 g/mol. The molecule has 6 heteroatoms. The fraction of sp³-hybridized carbons (Fsp3) is 0.222. The molecule has 0 spiro atoms. The molecule has 1 amide bonds. The van der Waals surface area contributed by atoms with Gasteiger partial charge < -0.3 is 14.6 Å². The van der Waals surface area contributed by atoms with Crippen molar-refractivity contribution in [2.75, 3.05) is 5.32 Å². The van der Waals surface area contributed by atoms with Crippen LogP contribution < -0.4 is 10.1 Å². The Morgan fingerprint density at radius 2 is 1.42 bits per heavy atom. The molecule has 0 aliphatic carbocycles. The highest BCUT2D eigenvalue weighted by molar-refractivity contribution is 5.87. The zero-order valence-electron chi connectivity index (χ0n) is 13.7. The molecule has 0 bridgehead atoms. The number of hydrogen-bond acceptors (Lipinski definition) is 4. The van der Waals surface area contributed by atoms with Gasteiger partial charge in [-0.3, -0.25) is 5.32 Å². The molecule has 126 valence electrons. The predicted molar refractivity (Wildman–Crippen MR) is 89.8 cm³/mol. The van der Waals surface area contributed by atoms with Crippen molar-refractivity contribution in [1.29, 1.82) is 0 Å². The van der Waals surface area contributed by atoms with Crippen LogP contribution in [0.1, 0.15) is 31.1 Å². The molecule has 0 aromatic heterocycles. The predicted octanol–water partition coefficient (Wildman–Crippen LogP) is 4.52. The Kier molecular flexibility index (Phi) is 5.08. The lowest BCUT2D eigenvalue weighted by molar-refractivity contribution is 0.0634. The van der Waals surface area contributed by atoms with Gasteiger partial charge >= 0.3 is 12.1 Å². The number of carboxylic acid groups (broad SMARTS) is 1. The molecular formula is C18H19NO5. The molecule has 0 fully saturated rings. The van der Waals surface area contributed by atoms with Crippen LogP contribution in [0.15, 0.2) is 48.5 Å². The first-order valence-electron chi connectivity index (χ1n) is 7.34. The first-order valence-corrected chi connectivity index (χ1v) is 7.34. The third-order valence-corrected chi connectivity index (χ3v) is 2.84. The van der Waals surface area contributed by atoms with E-state index in [1.165, 1.54) is 12.1 Å². The summed E-state index contributed by atoms with van der Waals surface area (Å²) in [7, 11) is 0. The maximum atomic E-state index is 11.7. The van der Waals surface area contributed by atoms with Gasteiger partial charge in [0.1, 0.15) is 17.1 Å². The summed E-state index contributed by atoms with van der Waals surface area (Å²) in [5.41, 5.74) is 0.215. The minimum absolute atomic E-state index is 0.194. The molecule has 2 N–H and O–H groups in total. The zero-order valence-corrected chi connectivity index (χ0v) is 13.7. The largest absolute Gasteiger partial charge is 0.478 e. The Labute approximate surface area is 140 Å². The molecule has 0 aliphatic rings. The standard InChI is InChI=1S/C18H19NO5/c1-18(2,3)24-17(22)19-13-6-10-15(11-7-13)23-14-8-4-12(5-9-14)16(20)21/h4-11H,1-3H3,(H,19,22)(H,20,21). The van der Waals surface area contributed by atoms with Crippen LogP contribution in [-0.2, 0) is 4.74 Å². The summed E-state index contributed by atoms with van der Waals surface area (Å²) < 4.78 is 10.8. The summed E-state index contributed by atoms with van der Waals surface area (Å²) in [6.07, 6.45) is -0.527. The van der Waals surface area contributed by atoms with Crippen LogP contribution >= 0.6 is 0 Å². The van der Waals surface area contributed by atoms with Gasteiger partial charge in [0, 0.05) is 5.69 Å². The number of carbonyl (C=O) groups excluding carboxylic acids is 1. The lowest BCUT2D eigenvalue weighted by Gasteiger charge is -2.19. The molecule has 2 aromatic carbocycles. The van der Waals surface area contributed by atoms with Crippen LogP contribution in [0.3, 0.4) is 0 Å². The summed E-state index contributed by atoms with van der Waals surface area (Å²) in [6.45, 7) is 5.37. The van der Waals surface area contributed by atoms with Gasteiger partial charge in [-0.05, 0) is 69.3 Å². The molecular weight excluding hydrogens is 310 g/mol. The van der Waals surface area contributed by atoms with E-state index >= 15 is 0 Å². The first kappa shape index (κ1) is 17.3. The summed E-state index contributed by atoms with van der Waals surface area (Å²) in [6, 6.07) is 12.9. The second kappa shape index (κ2) is 7.04. The number of carboxylic acids is 1. The van der Waals surface area contributed by atoms with Crippen LogP contribution in [0.25, 0.3) is 0 Å². The van der Waals surface area contributed by atoms with Crippen LogP contribution in [-0.4, -0.2) is 22.8 Å². The lowest BCUT2D eigenvalue weighted by Crippen LogP contribution is -2.27. The Balaban J connectivity index is 1.96. The van der Waals surface area contributed by atoms with E-state index in [9.17, 15) is 9.59 Å². The van der Waals surface area contributed by atoms with Gasteiger partial charge in [-0.15, -0.1) is 0 Å². The lowest BCUT2D eigenvalue weighted by atomic mass is 10.2. The quantitative estimate of drug-likeness (QED) is 0.861. The number of aromatic carboxylic acids is 1. The molecule has 24 heavy (non-hydrogen) atoms. The summed E-state index contributed by atoms with van der Waals surface area (Å²) in [5.74, 6) is 0.0970. The Morgan fingerprint density at radius 1 is 0.917 bits per heavy atom. The smallest absolute Gasteiger partial charge is 0.412 e. The number of benzene rings is 2. The highest BCUT2D eigenvalue weighted by Crippen LogP contribution is 2.23. The average molecular weight is 329 g/mol. The van der Waals surface area contributed by atoms with E-state index in [1.807, 2.05) is 0 Å². The zero-order chi connectivity index (χ0) is 17.7. The molecule has 0 saturated carbocycles. The second-order valence-corrected chi connectivity index (χ2v) is 6.08. The number of amides is 1. The Morgan fingerprint density at radius 3 is 1.88 bits per heavy atom. The van der Waals surface area contributed by atoms with Crippen LogP contribution in [0.2, 0.25) is 0 Å². The highest BCUT2D eigenvalue weighted by Gasteiger charge is 2.16.